The highest BCUT2D eigenvalue weighted by molar-refractivity contribution is 7.45. The number of quaternary nitrogens is 1. The van der Waals surface area contributed by atoms with Gasteiger partial charge in [-0.05, 0) is 44.9 Å². The molecule has 0 saturated carbocycles. The fourth-order valence-corrected chi connectivity index (χ4v) is 10.8. The molecule has 0 aliphatic heterocycles. The number of ether oxygens (including phenoxy) is 2. The molecule has 0 radical (unpaired) electrons. The van der Waals surface area contributed by atoms with Gasteiger partial charge in [0, 0.05) is 12.8 Å². The smallest absolute Gasteiger partial charge is 0.306 e. The van der Waals surface area contributed by atoms with Crippen molar-refractivity contribution in [1.82, 2.24) is 0 Å². The third-order valence-corrected chi connectivity index (χ3v) is 16.2. The van der Waals surface area contributed by atoms with Crippen molar-refractivity contribution in [3.05, 3.63) is 24.3 Å². The SMILES string of the molecule is CCCCCCC/C=C\C/C=C\CCCCCCCCCCCCCCCCCCCC(=O)OC(COC(=O)CCCCCCCCCCCCCCCCCCCCCCCCCC)COP(=O)([O-])OCC[N+](C)(C)C. The summed E-state index contributed by atoms with van der Waals surface area (Å²) >= 11 is 0. The normalized spacial score (nSPS) is 13.3. The monoisotopic (exact) mass is 1110 g/mol. The quantitative estimate of drug-likeness (QED) is 0.0195. The van der Waals surface area contributed by atoms with Gasteiger partial charge in [-0.2, -0.15) is 0 Å². The Morgan fingerprint density at radius 2 is 0.701 bits per heavy atom. The van der Waals surface area contributed by atoms with E-state index in [9.17, 15) is 19.0 Å². The lowest BCUT2D eigenvalue weighted by Crippen LogP contribution is -2.37. The minimum Gasteiger partial charge on any atom is -0.756 e. The molecular weight excluding hydrogens is 978 g/mol. The van der Waals surface area contributed by atoms with Crippen molar-refractivity contribution in [3.63, 3.8) is 0 Å². The lowest BCUT2D eigenvalue weighted by molar-refractivity contribution is -0.870. The Morgan fingerprint density at radius 1 is 0.403 bits per heavy atom. The van der Waals surface area contributed by atoms with E-state index in [4.69, 9.17) is 18.5 Å². The molecule has 0 fully saturated rings. The van der Waals surface area contributed by atoms with Crippen molar-refractivity contribution >= 4 is 19.8 Å². The van der Waals surface area contributed by atoms with Gasteiger partial charge in [0.25, 0.3) is 7.82 Å². The van der Waals surface area contributed by atoms with Gasteiger partial charge in [-0.25, -0.2) is 0 Å². The van der Waals surface area contributed by atoms with Gasteiger partial charge < -0.3 is 27.9 Å². The maximum atomic E-state index is 12.8. The van der Waals surface area contributed by atoms with Crippen LogP contribution < -0.4 is 4.89 Å². The first-order valence-electron chi connectivity index (χ1n) is 33.5. The van der Waals surface area contributed by atoms with Crippen LogP contribution in [0.25, 0.3) is 0 Å². The summed E-state index contributed by atoms with van der Waals surface area (Å²) in [6, 6.07) is 0. The van der Waals surface area contributed by atoms with Gasteiger partial charge in [-0.15, -0.1) is 0 Å². The molecule has 0 aromatic rings. The maximum Gasteiger partial charge on any atom is 0.306 e. The van der Waals surface area contributed by atoms with E-state index in [1.807, 2.05) is 21.1 Å². The Morgan fingerprint density at radius 3 is 1.03 bits per heavy atom. The molecule has 0 amide bonds. The van der Waals surface area contributed by atoms with Gasteiger partial charge in [0.1, 0.15) is 19.8 Å². The van der Waals surface area contributed by atoms with Gasteiger partial charge in [-0.1, -0.05) is 308 Å². The molecule has 0 aliphatic carbocycles. The van der Waals surface area contributed by atoms with Crippen LogP contribution >= 0.6 is 7.82 Å². The number of nitrogens with zero attached hydrogens (tertiary/aromatic N) is 1. The zero-order valence-electron chi connectivity index (χ0n) is 51.9. The second kappa shape index (κ2) is 59.1. The van der Waals surface area contributed by atoms with E-state index < -0.39 is 26.5 Å². The Bertz CT molecular complexity index is 1350. The summed E-state index contributed by atoms with van der Waals surface area (Å²) < 4.78 is 34.3. The molecule has 2 atom stereocenters. The molecule has 0 spiro atoms. The molecule has 0 bridgehead atoms. The molecule has 0 heterocycles. The molecule has 2 unspecified atom stereocenters. The number of unbranched alkanes of at least 4 members (excludes halogenated alkanes) is 45. The number of carbonyl (C=O) groups is 2. The summed E-state index contributed by atoms with van der Waals surface area (Å²) in [5.41, 5.74) is 0. The summed E-state index contributed by atoms with van der Waals surface area (Å²) in [6.07, 6.45) is 72.5. The molecule has 0 rings (SSSR count). The Labute approximate surface area is 479 Å². The fourth-order valence-electron chi connectivity index (χ4n) is 10.0. The zero-order chi connectivity index (χ0) is 56.3. The van der Waals surface area contributed by atoms with Crippen LogP contribution in [0.5, 0.6) is 0 Å². The van der Waals surface area contributed by atoms with E-state index >= 15 is 0 Å². The van der Waals surface area contributed by atoms with Crippen molar-refractivity contribution in [2.75, 3.05) is 47.5 Å². The van der Waals surface area contributed by atoms with E-state index in [0.29, 0.717) is 17.4 Å². The van der Waals surface area contributed by atoms with Gasteiger partial charge in [0.2, 0.25) is 0 Å². The Balaban J connectivity index is 4.02. The summed E-state index contributed by atoms with van der Waals surface area (Å²) in [6.45, 7) is 4.30. The van der Waals surface area contributed by atoms with Crippen molar-refractivity contribution in [2.45, 2.75) is 347 Å². The molecule has 0 N–H and O–H groups in total. The van der Waals surface area contributed by atoms with Crippen LogP contribution in [0.4, 0.5) is 0 Å². The molecule has 0 aromatic carbocycles. The second-order valence-electron chi connectivity index (χ2n) is 24.2. The van der Waals surface area contributed by atoms with Crippen molar-refractivity contribution < 1.29 is 42.1 Å². The number of carbonyl (C=O) groups excluding carboxylic acids is 2. The highest BCUT2D eigenvalue weighted by Gasteiger charge is 2.22. The van der Waals surface area contributed by atoms with Crippen LogP contribution in [-0.4, -0.2) is 70.0 Å². The van der Waals surface area contributed by atoms with Crippen LogP contribution in [0.1, 0.15) is 341 Å². The first kappa shape index (κ1) is 75.5. The number of allylic oxidation sites excluding steroid dienone is 4. The van der Waals surface area contributed by atoms with Crippen LogP contribution in [0.2, 0.25) is 0 Å². The van der Waals surface area contributed by atoms with Crippen LogP contribution in [-0.2, 0) is 32.7 Å². The van der Waals surface area contributed by atoms with E-state index in [1.165, 1.54) is 270 Å². The zero-order valence-corrected chi connectivity index (χ0v) is 52.8. The predicted molar refractivity (Wildman–Crippen MR) is 328 cm³/mol. The van der Waals surface area contributed by atoms with Gasteiger partial charge in [0.05, 0.1) is 27.7 Å². The molecule has 456 valence electrons. The Kier molecular flexibility index (Phi) is 58.0. The molecule has 77 heavy (non-hydrogen) atoms. The number of rotatable bonds is 63. The largest absolute Gasteiger partial charge is 0.756 e. The van der Waals surface area contributed by atoms with Crippen LogP contribution in [0.15, 0.2) is 24.3 Å². The average molecular weight is 1110 g/mol. The standard InChI is InChI=1S/C67H130NO8P/c1-6-8-10-12-14-16-18-20-22-24-26-28-30-32-33-34-35-36-38-40-42-44-46-48-50-52-54-56-58-60-67(70)76-65(64-75-77(71,72)74-62-61-68(3,4)5)63-73-66(69)59-57-55-53-51-49-47-45-43-41-39-37-31-29-27-25-23-21-19-17-15-13-11-9-7-2/h18,20,24,26,65H,6-17,19,21-23,25,27-64H2,1-5H3/b20-18-,26-24-. The summed E-state index contributed by atoms with van der Waals surface area (Å²) in [7, 11) is 1.19. The third kappa shape index (κ3) is 63.5. The van der Waals surface area contributed by atoms with Crippen molar-refractivity contribution in [2.24, 2.45) is 0 Å². The molecule has 0 saturated heterocycles. The Hall–Kier alpha value is -1.51. The van der Waals surface area contributed by atoms with Crippen molar-refractivity contribution in [1.29, 1.82) is 0 Å². The van der Waals surface area contributed by atoms with Gasteiger partial charge >= 0.3 is 11.9 Å². The highest BCUT2D eigenvalue weighted by Crippen LogP contribution is 2.38. The molecule has 9 nitrogen and oxygen atoms in total. The lowest BCUT2D eigenvalue weighted by Gasteiger charge is -2.28. The lowest BCUT2D eigenvalue weighted by atomic mass is 10.0. The number of phosphoric acid groups is 1. The van der Waals surface area contributed by atoms with Gasteiger partial charge in [-0.3, -0.25) is 14.2 Å². The topological polar surface area (TPSA) is 111 Å². The van der Waals surface area contributed by atoms with E-state index in [2.05, 4.69) is 38.2 Å². The number of esters is 2. The van der Waals surface area contributed by atoms with Crippen LogP contribution in [0, 0.1) is 0 Å². The van der Waals surface area contributed by atoms with E-state index in [-0.39, 0.29) is 32.0 Å². The number of likely N-dealkylation sites (N-methyl/N-ethyl adjacent to an activating group) is 1. The molecule has 0 aromatic heterocycles. The van der Waals surface area contributed by atoms with Crippen molar-refractivity contribution in [3.8, 4) is 0 Å². The average Bonchev–Trinajstić information content (AvgIpc) is 3.39. The van der Waals surface area contributed by atoms with Crippen LogP contribution in [0.3, 0.4) is 0 Å². The minimum atomic E-state index is -4.64. The van der Waals surface area contributed by atoms with Gasteiger partial charge in [0.15, 0.2) is 6.10 Å². The predicted octanol–water partition coefficient (Wildman–Crippen LogP) is 20.7. The third-order valence-electron chi connectivity index (χ3n) is 15.2. The number of phosphoric ester groups is 1. The molecule has 0 aliphatic rings. The molecular formula is C67H130NO8P. The fraction of sp³-hybridized carbons (Fsp3) is 0.910. The maximum absolute atomic E-state index is 12.8. The minimum absolute atomic E-state index is 0.0271. The summed E-state index contributed by atoms with van der Waals surface area (Å²) in [5, 5.41) is 0. The highest BCUT2D eigenvalue weighted by atomic mass is 31.2. The summed E-state index contributed by atoms with van der Waals surface area (Å²) in [4.78, 5) is 38.0. The first-order valence-corrected chi connectivity index (χ1v) is 35.0. The summed E-state index contributed by atoms with van der Waals surface area (Å²) in [5.74, 6) is -0.810. The first-order chi connectivity index (χ1) is 37.5. The second-order valence-corrected chi connectivity index (χ2v) is 25.6. The number of hydrogen-bond donors (Lipinski definition) is 0. The van der Waals surface area contributed by atoms with E-state index in [1.54, 1.807) is 0 Å². The van der Waals surface area contributed by atoms with E-state index in [0.717, 1.165) is 38.5 Å². The molecule has 10 heteroatoms. The number of hydrogen-bond acceptors (Lipinski definition) is 8.